The molecule has 0 saturated heterocycles. The number of nitrogens with zero attached hydrogens (tertiary/aromatic N) is 3. The SMILES string of the molecule is CC/C(C)=C1\C=CC=C(c2ccccc2)N1NC(C)=Nc1ccnc(N)c1. The second-order valence-electron chi connectivity index (χ2n) is 6.38. The summed E-state index contributed by atoms with van der Waals surface area (Å²) in [6.45, 7) is 6.25. The molecule has 0 radical (unpaired) electrons. The molecule has 2 heterocycles. The molecule has 3 N–H and O–H groups in total. The zero-order valence-electron chi connectivity index (χ0n) is 16.0. The van der Waals surface area contributed by atoms with Crippen molar-refractivity contribution in [1.82, 2.24) is 15.4 Å². The summed E-state index contributed by atoms with van der Waals surface area (Å²) >= 11 is 0. The molecular weight excluding hydrogens is 334 g/mol. The van der Waals surface area contributed by atoms with Gasteiger partial charge in [-0.1, -0.05) is 43.3 Å². The molecule has 0 fully saturated rings. The molecule has 0 spiro atoms. The zero-order valence-corrected chi connectivity index (χ0v) is 16.0. The summed E-state index contributed by atoms with van der Waals surface area (Å²) in [5, 5.41) is 2.09. The summed E-state index contributed by atoms with van der Waals surface area (Å²) in [7, 11) is 0. The maximum absolute atomic E-state index is 5.76. The second-order valence-corrected chi connectivity index (χ2v) is 6.38. The minimum atomic E-state index is 0.456. The molecule has 5 heteroatoms. The predicted molar refractivity (Wildman–Crippen MR) is 113 cm³/mol. The smallest absolute Gasteiger partial charge is 0.125 e. The van der Waals surface area contributed by atoms with Gasteiger partial charge >= 0.3 is 0 Å². The molecule has 0 aliphatic carbocycles. The number of allylic oxidation sites excluding steroid dienone is 4. The Morgan fingerprint density at radius 3 is 2.67 bits per heavy atom. The van der Waals surface area contributed by atoms with Gasteiger partial charge in [0.15, 0.2) is 0 Å². The maximum Gasteiger partial charge on any atom is 0.125 e. The van der Waals surface area contributed by atoms with Crippen molar-refractivity contribution in [1.29, 1.82) is 0 Å². The van der Waals surface area contributed by atoms with Gasteiger partial charge in [-0.3, -0.25) is 10.4 Å². The summed E-state index contributed by atoms with van der Waals surface area (Å²) in [6, 6.07) is 13.9. The lowest BCUT2D eigenvalue weighted by atomic mass is 10.1. The first kappa shape index (κ1) is 18.5. The van der Waals surface area contributed by atoms with Crippen LogP contribution in [0.25, 0.3) is 5.70 Å². The molecule has 27 heavy (non-hydrogen) atoms. The Morgan fingerprint density at radius 1 is 1.19 bits per heavy atom. The minimum Gasteiger partial charge on any atom is -0.384 e. The molecule has 1 aliphatic heterocycles. The second kappa shape index (κ2) is 8.36. The number of aromatic nitrogens is 1. The number of hydrogen-bond acceptors (Lipinski definition) is 4. The van der Waals surface area contributed by atoms with Crippen LogP contribution in [-0.4, -0.2) is 15.8 Å². The van der Waals surface area contributed by atoms with E-state index in [2.05, 4.69) is 64.6 Å². The fourth-order valence-electron chi connectivity index (χ4n) is 2.86. The molecule has 0 saturated carbocycles. The van der Waals surface area contributed by atoms with Crippen molar-refractivity contribution in [3.05, 3.63) is 83.7 Å². The van der Waals surface area contributed by atoms with Gasteiger partial charge in [-0.15, -0.1) is 0 Å². The molecule has 1 aromatic heterocycles. The topological polar surface area (TPSA) is 66.5 Å². The highest BCUT2D eigenvalue weighted by atomic mass is 15.5. The third-order valence-corrected chi connectivity index (χ3v) is 4.36. The predicted octanol–water partition coefficient (Wildman–Crippen LogP) is 4.82. The van der Waals surface area contributed by atoms with Crippen LogP contribution >= 0.6 is 0 Å². The summed E-state index contributed by atoms with van der Waals surface area (Å²) in [4.78, 5) is 8.64. The van der Waals surface area contributed by atoms with E-state index in [4.69, 9.17) is 5.73 Å². The average molecular weight is 359 g/mol. The molecule has 1 aliphatic rings. The molecule has 0 unspecified atom stereocenters. The van der Waals surface area contributed by atoms with Gasteiger partial charge in [0.05, 0.1) is 17.1 Å². The van der Waals surface area contributed by atoms with Gasteiger partial charge in [0.1, 0.15) is 11.7 Å². The lowest BCUT2D eigenvalue weighted by molar-refractivity contribution is 0.443. The standard InChI is InChI=1S/C22H25N5/c1-4-16(2)20-11-8-12-21(18-9-6-5-7-10-18)27(20)26-17(3)25-19-13-14-24-22(23)15-19/h5-15H,4H2,1-3H3,(H3,23,24,25,26)/b20-16+. The Morgan fingerprint density at radius 2 is 1.96 bits per heavy atom. The van der Waals surface area contributed by atoms with E-state index in [0.29, 0.717) is 5.82 Å². The van der Waals surface area contributed by atoms with Gasteiger partial charge in [0, 0.05) is 17.8 Å². The summed E-state index contributed by atoms with van der Waals surface area (Å²) in [6.07, 6.45) is 8.94. The number of hydrazine groups is 1. The van der Waals surface area contributed by atoms with E-state index in [0.717, 1.165) is 34.9 Å². The van der Waals surface area contributed by atoms with Gasteiger partial charge < -0.3 is 5.73 Å². The fourth-order valence-corrected chi connectivity index (χ4v) is 2.86. The van der Waals surface area contributed by atoms with Gasteiger partial charge in [-0.25, -0.2) is 9.98 Å². The van der Waals surface area contributed by atoms with Crippen molar-refractivity contribution in [2.24, 2.45) is 4.99 Å². The largest absolute Gasteiger partial charge is 0.384 e. The Hall–Kier alpha value is -3.34. The molecule has 3 rings (SSSR count). The molecule has 5 nitrogen and oxygen atoms in total. The summed E-state index contributed by atoms with van der Waals surface area (Å²) < 4.78 is 0. The van der Waals surface area contributed by atoms with Gasteiger partial charge in [-0.05, 0) is 44.1 Å². The highest BCUT2D eigenvalue weighted by Gasteiger charge is 2.19. The van der Waals surface area contributed by atoms with Crippen molar-refractivity contribution >= 4 is 23.0 Å². The zero-order chi connectivity index (χ0) is 19.2. The number of pyridine rings is 1. The molecule has 0 bridgehead atoms. The number of hydrogen-bond donors (Lipinski definition) is 2. The van der Waals surface area contributed by atoms with Crippen molar-refractivity contribution in [3.8, 4) is 0 Å². The van der Waals surface area contributed by atoms with Gasteiger partial charge in [-0.2, -0.15) is 0 Å². The number of nitrogen functional groups attached to an aromatic ring is 1. The van der Waals surface area contributed by atoms with Crippen LogP contribution in [0.4, 0.5) is 11.5 Å². The molecule has 0 amide bonds. The molecular formula is C22H25N5. The van der Waals surface area contributed by atoms with E-state index >= 15 is 0 Å². The van der Waals surface area contributed by atoms with Crippen LogP contribution in [0.2, 0.25) is 0 Å². The van der Waals surface area contributed by atoms with Crippen LogP contribution in [0.3, 0.4) is 0 Å². The Bertz CT molecular complexity index is 923. The maximum atomic E-state index is 5.76. The highest BCUT2D eigenvalue weighted by Crippen LogP contribution is 2.28. The molecule has 0 atom stereocenters. The van der Waals surface area contributed by atoms with E-state index in [1.54, 1.807) is 12.3 Å². The highest BCUT2D eigenvalue weighted by molar-refractivity contribution is 5.84. The van der Waals surface area contributed by atoms with Crippen molar-refractivity contribution < 1.29 is 0 Å². The van der Waals surface area contributed by atoms with Crippen molar-refractivity contribution in [2.75, 3.05) is 5.73 Å². The monoisotopic (exact) mass is 359 g/mol. The number of nitrogens with one attached hydrogen (secondary N) is 1. The Labute approximate surface area is 160 Å². The third-order valence-electron chi connectivity index (χ3n) is 4.36. The number of anilines is 1. The number of rotatable bonds is 4. The number of nitrogens with two attached hydrogens (primary N) is 1. The molecule has 2 aromatic rings. The van der Waals surface area contributed by atoms with E-state index in [-0.39, 0.29) is 0 Å². The van der Waals surface area contributed by atoms with Crippen LogP contribution in [0, 0.1) is 0 Å². The number of aliphatic imine (C=N–C) groups is 1. The van der Waals surface area contributed by atoms with Crippen LogP contribution < -0.4 is 11.2 Å². The lowest BCUT2D eigenvalue weighted by Crippen LogP contribution is -2.40. The third kappa shape index (κ3) is 4.44. The van der Waals surface area contributed by atoms with Crippen LogP contribution in [-0.2, 0) is 0 Å². The van der Waals surface area contributed by atoms with Gasteiger partial charge in [0.25, 0.3) is 0 Å². The lowest BCUT2D eigenvalue weighted by Gasteiger charge is -2.33. The number of benzene rings is 1. The first-order valence-electron chi connectivity index (χ1n) is 9.05. The van der Waals surface area contributed by atoms with Crippen LogP contribution in [0.1, 0.15) is 32.8 Å². The summed E-state index contributed by atoms with van der Waals surface area (Å²) in [5.74, 6) is 1.22. The fraction of sp³-hybridized carbons (Fsp3) is 0.182. The average Bonchev–Trinajstić information content (AvgIpc) is 2.68. The van der Waals surface area contributed by atoms with Crippen molar-refractivity contribution in [3.63, 3.8) is 0 Å². The summed E-state index contributed by atoms with van der Waals surface area (Å²) in [5.41, 5.74) is 14.6. The quantitative estimate of drug-likeness (QED) is 0.607. The minimum absolute atomic E-state index is 0.456. The first-order chi connectivity index (χ1) is 13.1. The Balaban J connectivity index is 1.96. The van der Waals surface area contributed by atoms with Crippen LogP contribution in [0.15, 0.2) is 83.2 Å². The van der Waals surface area contributed by atoms with Crippen molar-refractivity contribution in [2.45, 2.75) is 27.2 Å². The van der Waals surface area contributed by atoms with E-state index < -0.39 is 0 Å². The van der Waals surface area contributed by atoms with Crippen LogP contribution in [0.5, 0.6) is 0 Å². The van der Waals surface area contributed by atoms with Gasteiger partial charge in [0.2, 0.25) is 0 Å². The van der Waals surface area contributed by atoms with E-state index in [1.807, 2.05) is 31.2 Å². The van der Waals surface area contributed by atoms with E-state index in [1.165, 1.54) is 5.57 Å². The molecule has 1 aromatic carbocycles. The first-order valence-corrected chi connectivity index (χ1v) is 9.05. The normalized spacial score (nSPS) is 16.2. The van der Waals surface area contributed by atoms with E-state index in [9.17, 15) is 0 Å². The Kier molecular flexibility index (Phi) is 5.71. The molecule has 138 valence electrons. The number of amidine groups is 1.